The molecule has 1 aliphatic rings. The van der Waals surface area contributed by atoms with Crippen molar-refractivity contribution in [3.8, 4) is 16.9 Å². The van der Waals surface area contributed by atoms with Crippen LogP contribution in [0.15, 0.2) is 66.9 Å². The summed E-state index contributed by atoms with van der Waals surface area (Å²) in [6.07, 6.45) is 3.69. The summed E-state index contributed by atoms with van der Waals surface area (Å²) < 4.78 is 0.770. The Morgan fingerprint density at radius 2 is 1.72 bits per heavy atom. The molecule has 39 heavy (non-hydrogen) atoms. The molecule has 1 heterocycles. The molecule has 0 saturated heterocycles. The first-order valence-electron chi connectivity index (χ1n) is 12.4. The van der Waals surface area contributed by atoms with E-state index >= 15 is 0 Å². The minimum absolute atomic E-state index is 0.0322. The second kappa shape index (κ2) is 11.3. The molecule has 10 heteroatoms. The molecule has 0 bridgehead atoms. The number of phenols is 1. The monoisotopic (exact) mass is 634 g/mol. The van der Waals surface area contributed by atoms with Crippen LogP contribution in [0.2, 0.25) is 0 Å². The highest BCUT2D eigenvalue weighted by Gasteiger charge is 2.25. The predicted octanol–water partition coefficient (Wildman–Crippen LogP) is 5.50. The molecule has 0 unspecified atom stereocenters. The van der Waals surface area contributed by atoms with E-state index in [1.807, 2.05) is 43.3 Å². The smallest absolute Gasteiger partial charge is 0.253 e. The molecule has 9 nitrogen and oxygen atoms in total. The van der Waals surface area contributed by atoms with Crippen LogP contribution in [0, 0.1) is 10.5 Å². The topological polar surface area (TPSA) is 128 Å². The fourth-order valence-electron chi connectivity index (χ4n) is 4.10. The third kappa shape index (κ3) is 6.11. The maximum absolute atomic E-state index is 12.7. The van der Waals surface area contributed by atoms with Gasteiger partial charge in [0.05, 0.1) is 20.5 Å². The minimum Gasteiger partial charge on any atom is -0.506 e. The molecule has 0 radical (unpaired) electrons. The number of halogens is 1. The second-order valence-electron chi connectivity index (χ2n) is 9.27. The molecule has 0 aliphatic heterocycles. The lowest BCUT2D eigenvalue weighted by atomic mass is 9.98. The molecule has 0 atom stereocenters. The highest BCUT2D eigenvalue weighted by Crippen LogP contribution is 2.35. The SMILES string of the molecule is CNC(=O)c1ccc(-c2cc(O)c(Nc3ncc(I)c(Nc4ccccc4C(=O)NC4CC4)n3)cc2C)cc1. The summed E-state index contributed by atoms with van der Waals surface area (Å²) in [7, 11) is 1.59. The lowest BCUT2D eigenvalue weighted by molar-refractivity contribution is 0.0947. The van der Waals surface area contributed by atoms with Gasteiger partial charge in [0.1, 0.15) is 11.6 Å². The van der Waals surface area contributed by atoms with E-state index in [2.05, 4.69) is 53.8 Å². The van der Waals surface area contributed by atoms with Crippen molar-refractivity contribution in [3.63, 3.8) is 0 Å². The van der Waals surface area contributed by atoms with Crippen LogP contribution in [0.5, 0.6) is 5.75 Å². The largest absolute Gasteiger partial charge is 0.506 e. The first-order valence-corrected chi connectivity index (χ1v) is 13.5. The molecule has 4 aromatic rings. The van der Waals surface area contributed by atoms with Gasteiger partial charge in [-0.15, -0.1) is 0 Å². The summed E-state index contributed by atoms with van der Waals surface area (Å²) in [6, 6.07) is 18.3. The van der Waals surface area contributed by atoms with Crippen LogP contribution >= 0.6 is 22.6 Å². The number of nitrogens with zero attached hydrogens (tertiary/aromatic N) is 2. The van der Waals surface area contributed by atoms with Gasteiger partial charge >= 0.3 is 0 Å². The molecule has 1 aromatic heterocycles. The Morgan fingerprint density at radius 1 is 0.974 bits per heavy atom. The van der Waals surface area contributed by atoms with Crippen LogP contribution in [0.25, 0.3) is 11.1 Å². The first-order chi connectivity index (χ1) is 18.8. The van der Waals surface area contributed by atoms with E-state index in [0.717, 1.165) is 33.1 Å². The zero-order valence-electron chi connectivity index (χ0n) is 21.4. The van der Waals surface area contributed by atoms with Gasteiger partial charge in [-0.05, 0) is 95.4 Å². The molecular formula is C29H27IN6O3. The van der Waals surface area contributed by atoms with Gasteiger partial charge in [-0.25, -0.2) is 4.98 Å². The lowest BCUT2D eigenvalue weighted by Gasteiger charge is -2.15. The van der Waals surface area contributed by atoms with Crippen LogP contribution < -0.4 is 21.3 Å². The Labute approximate surface area is 239 Å². The van der Waals surface area contributed by atoms with Gasteiger partial charge in [-0.2, -0.15) is 4.98 Å². The van der Waals surface area contributed by atoms with Crippen LogP contribution in [-0.4, -0.2) is 40.0 Å². The van der Waals surface area contributed by atoms with Crippen molar-refractivity contribution in [1.82, 2.24) is 20.6 Å². The van der Waals surface area contributed by atoms with Crippen molar-refractivity contribution in [2.75, 3.05) is 17.7 Å². The van der Waals surface area contributed by atoms with Crippen molar-refractivity contribution < 1.29 is 14.7 Å². The van der Waals surface area contributed by atoms with E-state index in [9.17, 15) is 14.7 Å². The van der Waals surface area contributed by atoms with Crippen LogP contribution in [-0.2, 0) is 0 Å². The van der Waals surface area contributed by atoms with E-state index < -0.39 is 0 Å². The molecule has 5 N–H and O–H groups in total. The molecule has 3 aromatic carbocycles. The summed E-state index contributed by atoms with van der Waals surface area (Å²) in [4.78, 5) is 33.5. The van der Waals surface area contributed by atoms with Gasteiger partial charge in [0, 0.05) is 24.8 Å². The third-order valence-corrected chi connectivity index (χ3v) is 7.15. The lowest BCUT2D eigenvalue weighted by Crippen LogP contribution is -2.26. The molecule has 1 saturated carbocycles. The standard InChI is InChI=1S/C29H27IN6O3/c1-16-13-24(25(37)14-21(16)17-7-9-18(10-8-17)27(38)31-2)35-29-32-15-22(30)26(36-29)34-23-6-4-3-5-20(23)28(39)33-19-11-12-19/h3-10,13-15,19,37H,11-12H2,1-2H3,(H,31,38)(H,33,39)(H2,32,34,35,36). The van der Waals surface area contributed by atoms with Crippen molar-refractivity contribution in [2.45, 2.75) is 25.8 Å². The van der Waals surface area contributed by atoms with Crippen LogP contribution in [0.1, 0.15) is 39.1 Å². The molecule has 1 fully saturated rings. The average Bonchev–Trinajstić information content (AvgIpc) is 3.76. The summed E-state index contributed by atoms with van der Waals surface area (Å²) in [5.74, 6) is 0.576. The van der Waals surface area contributed by atoms with Crippen LogP contribution in [0.3, 0.4) is 0 Å². The quantitative estimate of drug-likeness (QED) is 0.128. The zero-order valence-corrected chi connectivity index (χ0v) is 23.5. The maximum Gasteiger partial charge on any atom is 0.253 e. The number of rotatable bonds is 8. The van der Waals surface area contributed by atoms with Crippen molar-refractivity contribution in [3.05, 3.63) is 87.1 Å². The van der Waals surface area contributed by atoms with E-state index in [1.54, 1.807) is 37.5 Å². The number of anilines is 4. The minimum atomic E-state index is -0.155. The number of aromatic nitrogens is 2. The Hall–Kier alpha value is -4.19. The Morgan fingerprint density at radius 3 is 2.44 bits per heavy atom. The van der Waals surface area contributed by atoms with E-state index in [0.29, 0.717) is 28.3 Å². The number of hydrogen-bond donors (Lipinski definition) is 5. The highest BCUT2D eigenvalue weighted by molar-refractivity contribution is 14.1. The molecular weight excluding hydrogens is 607 g/mol. The van der Waals surface area contributed by atoms with Gasteiger partial charge in [0.15, 0.2) is 0 Å². The fourth-order valence-corrected chi connectivity index (χ4v) is 4.49. The number of aryl methyl sites for hydroxylation is 1. The third-order valence-electron chi connectivity index (χ3n) is 6.36. The van der Waals surface area contributed by atoms with E-state index in [-0.39, 0.29) is 29.6 Å². The highest BCUT2D eigenvalue weighted by atomic mass is 127. The fraction of sp³-hybridized carbons (Fsp3) is 0.172. The number of hydrogen-bond acceptors (Lipinski definition) is 7. The van der Waals surface area contributed by atoms with Crippen LogP contribution in [0.4, 0.5) is 23.1 Å². The average molecular weight is 634 g/mol. The number of aromatic hydroxyl groups is 1. The second-order valence-corrected chi connectivity index (χ2v) is 10.4. The van der Waals surface area contributed by atoms with Gasteiger partial charge in [-0.1, -0.05) is 24.3 Å². The molecule has 0 spiro atoms. The number of carbonyl (C=O) groups excluding carboxylic acids is 2. The number of phenolic OH excluding ortho intramolecular Hbond substituents is 1. The summed E-state index contributed by atoms with van der Waals surface area (Å²) >= 11 is 2.14. The van der Waals surface area contributed by atoms with E-state index in [1.165, 1.54) is 0 Å². The van der Waals surface area contributed by atoms with Gasteiger partial charge in [0.25, 0.3) is 11.8 Å². The summed E-state index contributed by atoms with van der Waals surface area (Å²) in [5, 5.41) is 22.8. The molecule has 198 valence electrons. The molecule has 5 rings (SSSR count). The Bertz CT molecular complexity index is 1550. The number of para-hydroxylation sites is 1. The van der Waals surface area contributed by atoms with Gasteiger partial charge in [-0.3, -0.25) is 9.59 Å². The number of amides is 2. The first kappa shape index (κ1) is 26.4. The van der Waals surface area contributed by atoms with Crippen molar-refractivity contribution in [2.24, 2.45) is 0 Å². The van der Waals surface area contributed by atoms with Crippen molar-refractivity contribution >= 4 is 57.5 Å². The zero-order chi connectivity index (χ0) is 27.5. The summed E-state index contributed by atoms with van der Waals surface area (Å²) in [5.41, 5.74) is 4.84. The molecule has 2 amide bonds. The predicted molar refractivity (Wildman–Crippen MR) is 160 cm³/mol. The maximum atomic E-state index is 12.7. The van der Waals surface area contributed by atoms with Crippen molar-refractivity contribution in [1.29, 1.82) is 0 Å². The Kier molecular flexibility index (Phi) is 7.64. The number of carbonyl (C=O) groups is 2. The number of benzene rings is 3. The number of nitrogens with one attached hydrogen (secondary N) is 4. The van der Waals surface area contributed by atoms with Gasteiger partial charge in [0.2, 0.25) is 5.95 Å². The summed E-state index contributed by atoms with van der Waals surface area (Å²) in [6.45, 7) is 1.94. The normalized spacial score (nSPS) is 12.5. The van der Waals surface area contributed by atoms with E-state index in [4.69, 9.17) is 0 Å². The molecule has 1 aliphatic carbocycles. The van der Waals surface area contributed by atoms with Gasteiger partial charge < -0.3 is 26.4 Å². The Balaban J connectivity index is 1.36.